The van der Waals surface area contributed by atoms with Crippen molar-refractivity contribution in [1.29, 1.82) is 5.26 Å². The molecule has 4 nitrogen and oxygen atoms in total. The van der Waals surface area contributed by atoms with Crippen LogP contribution in [-0.4, -0.2) is 9.97 Å². The van der Waals surface area contributed by atoms with E-state index in [-0.39, 0.29) is 5.82 Å². The molecule has 7 heteroatoms. The van der Waals surface area contributed by atoms with Gasteiger partial charge in [0.1, 0.15) is 17.5 Å². The fraction of sp³-hybridized carbons (Fsp3) is 0.267. The second-order valence-electron chi connectivity index (χ2n) is 4.60. The van der Waals surface area contributed by atoms with Crippen LogP contribution in [-0.2, 0) is 12.2 Å². The van der Waals surface area contributed by atoms with E-state index in [4.69, 9.17) is 34.2 Å². The lowest BCUT2D eigenvalue weighted by Gasteiger charge is -2.08. The average Bonchev–Trinajstić information content (AvgIpc) is 2.46. The number of nitriles is 1. The maximum Gasteiger partial charge on any atom is 0.190 e. The van der Waals surface area contributed by atoms with Crippen molar-refractivity contribution in [2.45, 2.75) is 30.7 Å². The maximum absolute atomic E-state index is 9.14. The Morgan fingerprint density at radius 3 is 2.73 bits per heavy atom. The lowest BCUT2D eigenvalue weighted by molar-refractivity contribution is 0.826. The van der Waals surface area contributed by atoms with Crippen LogP contribution in [0.3, 0.4) is 0 Å². The molecule has 0 aliphatic carbocycles. The van der Waals surface area contributed by atoms with Gasteiger partial charge in [0.25, 0.3) is 0 Å². The molecule has 0 spiro atoms. The Morgan fingerprint density at radius 2 is 2.09 bits per heavy atom. The van der Waals surface area contributed by atoms with Gasteiger partial charge in [0.2, 0.25) is 0 Å². The summed E-state index contributed by atoms with van der Waals surface area (Å²) in [6.45, 7) is 2.03. The Hall–Kier alpha value is -1.48. The molecule has 0 fully saturated rings. The van der Waals surface area contributed by atoms with Crippen molar-refractivity contribution in [2.24, 2.45) is 0 Å². The normalized spacial score (nSPS) is 10.5. The van der Waals surface area contributed by atoms with E-state index < -0.39 is 0 Å². The Bertz CT molecular complexity index is 728. The maximum atomic E-state index is 9.14. The molecule has 2 rings (SSSR count). The van der Waals surface area contributed by atoms with Crippen molar-refractivity contribution in [2.75, 3.05) is 5.73 Å². The zero-order chi connectivity index (χ0) is 16.1. The first-order valence-electron chi connectivity index (χ1n) is 6.68. The highest BCUT2D eigenvalue weighted by molar-refractivity contribution is 7.98. The number of aryl methyl sites for hydroxylation is 1. The molecule has 1 aromatic carbocycles. The number of thioether (sulfide) groups is 1. The fourth-order valence-electron chi connectivity index (χ4n) is 1.89. The van der Waals surface area contributed by atoms with Gasteiger partial charge < -0.3 is 5.73 Å². The Kier molecular flexibility index (Phi) is 5.90. The quantitative estimate of drug-likeness (QED) is 0.633. The van der Waals surface area contributed by atoms with E-state index in [1.807, 2.05) is 13.0 Å². The summed E-state index contributed by atoms with van der Waals surface area (Å²) in [5.74, 6) is 0.832. The highest BCUT2D eigenvalue weighted by Crippen LogP contribution is 2.28. The molecule has 0 aliphatic heterocycles. The number of rotatable bonds is 5. The van der Waals surface area contributed by atoms with E-state index in [1.165, 1.54) is 11.8 Å². The standard InChI is InChI=1S/C15H14Cl2N4S/c1-2-3-13-11(7-18)14(19)21-15(20-13)22-8-9-4-5-10(16)6-12(9)17/h4-6H,2-3,8H2,1H3,(H2,19,20,21). The van der Waals surface area contributed by atoms with Gasteiger partial charge in [-0.2, -0.15) is 5.26 Å². The number of anilines is 1. The van der Waals surface area contributed by atoms with Crippen molar-refractivity contribution in [1.82, 2.24) is 9.97 Å². The summed E-state index contributed by atoms with van der Waals surface area (Å²) in [4.78, 5) is 8.62. The van der Waals surface area contributed by atoms with Crippen LogP contribution < -0.4 is 5.73 Å². The number of nitrogen functional groups attached to an aromatic ring is 1. The van der Waals surface area contributed by atoms with Gasteiger partial charge in [0.15, 0.2) is 5.16 Å². The number of hydrogen-bond acceptors (Lipinski definition) is 5. The third-order valence-electron chi connectivity index (χ3n) is 2.96. The van der Waals surface area contributed by atoms with Gasteiger partial charge in [-0.25, -0.2) is 9.97 Å². The molecule has 2 aromatic rings. The van der Waals surface area contributed by atoms with Crippen molar-refractivity contribution in [3.05, 3.63) is 45.1 Å². The van der Waals surface area contributed by atoms with E-state index in [9.17, 15) is 0 Å². The topological polar surface area (TPSA) is 75.6 Å². The molecule has 22 heavy (non-hydrogen) atoms. The van der Waals surface area contributed by atoms with Crippen LogP contribution in [0.25, 0.3) is 0 Å². The molecular formula is C15H14Cl2N4S. The van der Waals surface area contributed by atoms with Gasteiger partial charge in [-0.3, -0.25) is 0 Å². The summed E-state index contributed by atoms with van der Waals surface area (Å²) < 4.78 is 0. The Balaban J connectivity index is 2.21. The Labute approximate surface area is 143 Å². The van der Waals surface area contributed by atoms with E-state index >= 15 is 0 Å². The summed E-state index contributed by atoms with van der Waals surface area (Å²) in [5.41, 5.74) is 7.86. The van der Waals surface area contributed by atoms with Gasteiger partial charge in [-0.15, -0.1) is 0 Å². The van der Waals surface area contributed by atoms with E-state index in [0.29, 0.717) is 38.6 Å². The van der Waals surface area contributed by atoms with Gasteiger partial charge in [-0.1, -0.05) is 54.4 Å². The van der Waals surface area contributed by atoms with Gasteiger partial charge in [-0.05, 0) is 24.1 Å². The molecule has 1 heterocycles. The molecule has 0 saturated carbocycles. The number of nitrogens with zero attached hydrogens (tertiary/aromatic N) is 3. The molecular weight excluding hydrogens is 339 g/mol. The molecule has 114 valence electrons. The highest BCUT2D eigenvalue weighted by atomic mass is 35.5. The minimum atomic E-state index is 0.227. The lowest BCUT2D eigenvalue weighted by Crippen LogP contribution is -2.05. The van der Waals surface area contributed by atoms with Crippen LogP contribution in [0, 0.1) is 11.3 Å². The molecule has 0 radical (unpaired) electrons. The summed E-state index contributed by atoms with van der Waals surface area (Å²) in [5, 5.41) is 10.9. The first-order valence-corrected chi connectivity index (χ1v) is 8.42. The predicted molar refractivity (Wildman–Crippen MR) is 91.2 cm³/mol. The van der Waals surface area contributed by atoms with Crippen molar-refractivity contribution < 1.29 is 0 Å². The largest absolute Gasteiger partial charge is 0.382 e. The second-order valence-corrected chi connectivity index (χ2v) is 6.39. The van der Waals surface area contributed by atoms with E-state index in [0.717, 1.165) is 12.0 Å². The summed E-state index contributed by atoms with van der Waals surface area (Å²) >= 11 is 13.5. The van der Waals surface area contributed by atoms with Crippen molar-refractivity contribution in [3.63, 3.8) is 0 Å². The lowest BCUT2D eigenvalue weighted by atomic mass is 10.1. The molecule has 1 aromatic heterocycles. The van der Waals surface area contributed by atoms with Crippen molar-refractivity contribution in [3.8, 4) is 6.07 Å². The van der Waals surface area contributed by atoms with Crippen molar-refractivity contribution >= 4 is 40.8 Å². The number of nitrogens with two attached hydrogens (primary N) is 1. The zero-order valence-corrected chi connectivity index (χ0v) is 14.3. The molecule has 2 N–H and O–H groups in total. The van der Waals surface area contributed by atoms with Gasteiger partial charge >= 0.3 is 0 Å². The van der Waals surface area contributed by atoms with Crippen LogP contribution in [0.4, 0.5) is 5.82 Å². The van der Waals surface area contributed by atoms with Crippen LogP contribution in [0.15, 0.2) is 23.4 Å². The number of aromatic nitrogens is 2. The van der Waals surface area contributed by atoms with Crippen LogP contribution in [0.1, 0.15) is 30.2 Å². The fourth-order valence-corrected chi connectivity index (χ4v) is 3.32. The molecule has 0 amide bonds. The highest BCUT2D eigenvalue weighted by Gasteiger charge is 2.12. The third kappa shape index (κ3) is 4.04. The van der Waals surface area contributed by atoms with E-state index in [1.54, 1.807) is 12.1 Å². The van der Waals surface area contributed by atoms with E-state index in [2.05, 4.69) is 16.0 Å². The first kappa shape index (κ1) is 16.9. The summed E-state index contributed by atoms with van der Waals surface area (Å²) in [7, 11) is 0. The monoisotopic (exact) mass is 352 g/mol. The second kappa shape index (κ2) is 7.68. The zero-order valence-electron chi connectivity index (χ0n) is 11.9. The van der Waals surface area contributed by atoms with Gasteiger partial charge in [0, 0.05) is 15.8 Å². The summed E-state index contributed by atoms with van der Waals surface area (Å²) in [6, 6.07) is 7.44. The molecule has 0 saturated heterocycles. The van der Waals surface area contributed by atoms with Gasteiger partial charge in [0.05, 0.1) is 5.69 Å². The Morgan fingerprint density at radius 1 is 1.32 bits per heavy atom. The molecule has 0 aliphatic rings. The average molecular weight is 353 g/mol. The number of hydrogen-bond donors (Lipinski definition) is 1. The van der Waals surface area contributed by atoms with Crippen LogP contribution >= 0.6 is 35.0 Å². The smallest absolute Gasteiger partial charge is 0.190 e. The van der Waals surface area contributed by atoms with Crippen LogP contribution in [0.5, 0.6) is 0 Å². The predicted octanol–water partition coefficient (Wildman–Crippen LogP) is 4.48. The summed E-state index contributed by atoms with van der Waals surface area (Å²) in [6.07, 6.45) is 1.59. The first-order chi connectivity index (χ1) is 10.5. The molecule has 0 atom stereocenters. The number of halogens is 2. The third-order valence-corrected chi connectivity index (χ3v) is 4.44. The SMILES string of the molecule is CCCc1nc(SCc2ccc(Cl)cc2Cl)nc(N)c1C#N. The minimum absolute atomic E-state index is 0.227. The number of benzene rings is 1. The minimum Gasteiger partial charge on any atom is -0.382 e. The van der Waals surface area contributed by atoms with Crippen LogP contribution in [0.2, 0.25) is 10.0 Å². The molecule has 0 bridgehead atoms. The molecule has 0 unspecified atom stereocenters.